The lowest BCUT2D eigenvalue weighted by Gasteiger charge is -2.17. The lowest BCUT2D eigenvalue weighted by atomic mass is 10.1. The minimum atomic E-state index is -0.191. The molecular weight excluding hydrogens is 254 g/mol. The number of nitriles is 1. The summed E-state index contributed by atoms with van der Waals surface area (Å²) in [4.78, 5) is 15.6. The molecule has 0 aliphatic carbocycles. The number of aromatic nitrogens is 1. The maximum absolute atomic E-state index is 11.3. The van der Waals surface area contributed by atoms with Crippen LogP contribution in [-0.2, 0) is 9.53 Å². The number of hydrogen-bond donors (Lipinski definition) is 1. The van der Waals surface area contributed by atoms with E-state index in [1.807, 2.05) is 26.8 Å². The van der Waals surface area contributed by atoms with Gasteiger partial charge in [0.15, 0.2) is 0 Å². The van der Waals surface area contributed by atoms with Gasteiger partial charge in [0.25, 0.3) is 0 Å². The van der Waals surface area contributed by atoms with Crippen molar-refractivity contribution in [2.24, 2.45) is 0 Å². The van der Waals surface area contributed by atoms with Crippen LogP contribution in [0.15, 0.2) is 6.07 Å². The van der Waals surface area contributed by atoms with Crippen LogP contribution in [0.3, 0.4) is 0 Å². The van der Waals surface area contributed by atoms with Gasteiger partial charge in [-0.2, -0.15) is 5.26 Å². The van der Waals surface area contributed by atoms with Gasteiger partial charge in [-0.1, -0.05) is 0 Å². The van der Waals surface area contributed by atoms with E-state index in [2.05, 4.69) is 16.4 Å². The molecule has 1 unspecified atom stereocenters. The van der Waals surface area contributed by atoms with E-state index in [-0.39, 0.29) is 12.0 Å². The average Bonchev–Trinajstić information content (AvgIpc) is 2.36. The summed E-state index contributed by atoms with van der Waals surface area (Å²) in [5, 5.41) is 12.5. The molecule has 0 amide bonds. The molecule has 0 aromatic carbocycles. The second-order valence-corrected chi connectivity index (χ2v) is 4.77. The molecule has 0 spiro atoms. The minimum Gasteiger partial charge on any atom is -0.466 e. The summed E-state index contributed by atoms with van der Waals surface area (Å²) >= 11 is 0. The molecular formula is C15H21N3O2. The van der Waals surface area contributed by atoms with E-state index >= 15 is 0 Å². The van der Waals surface area contributed by atoms with Crippen molar-refractivity contribution >= 4 is 11.7 Å². The van der Waals surface area contributed by atoms with Gasteiger partial charge in [0.2, 0.25) is 0 Å². The summed E-state index contributed by atoms with van der Waals surface area (Å²) in [6.07, 6.45) is 1.02. The number of nitrogens with zero attached hydrogens (tertiary/aromatic N) is 2. The Morgan fingerprint density at radius 1 is 1.55 bits per heavy atom. The number of hydrogen-bond acceptors (Lipinski definition) is 5. The molecule has 0 radical (unpaired) electrons. The second-order valence-electron chi connectivity index (χ2n) is 4.77. The first-order valence-corrected chi connectivity index (χ1v) is 6.78. The third kappa shape index (κ3) is 4.54. The van der Waals surface area contributed by atoms with Crippen LogP contribution in [0.2, 0.25) is 0 Å². The Kier molecular flexibility index (Phi) is 5.98. The quantitative estimate of drug-likeness (QED) is 0.808. The molecule has 1 heterocycles. The third-order valence-corrected chi connectivity index (χ3v) is 2.93. The summed E-state index contributed by atoms with van der Waals surface area (Å²) in [5.41, 5.74) is 2.90. The number of carbonyl (C=O) groups excluding carboxylic acids is 1. The van der Waals surface area contributed by atoms with Crippen molar-refractivity contribution in [3.05, 3.63) is 23.0 Å². The number of rotatable bonds is 6. The van der Waals surface area contributed by atoms with Gasteiger partial charge < -0.3 is 10.1 Å². The molecule has 1 aromatic rings. The fourth-order valence-electron chi connectivity index (χ4n) is 1.99. The molecule has 1 atom stereocenters. The van der Waals surface area contributed by atoms with Crippen LogP contribution in [0.5, 0.6) is 0 Å². The SMILES string of the molecule is CCOC(=O)CCC(C)Nc1cc(C)nc(C)c1C#N. The van der Waals surface area contributed by atoms with Crippen LogP contribution >= 0.6 is 0 Å². The highest BCUT2D eigenvalue weighted by molar-refractivity contribution is 5.69. The molecule has 0 saturated heterocycles. The molecule has 1 aromatic heterocycles. The smallest absolute Gasteiger partial charge is 0.305 e. The molecule has 1 N–H and O–H groups in total. The Balaban J connectivity index is 2.69. The van der Waals surface area contributed by atoms with Gasteiger partial charge >= 0.3 is 5.97 Å². The van der Waals surface area contributed by atoms with Crippen molar-refractivity contribution in [2.45, 2.75) is 46.6 Å². The number of ether oxygens (including phenoxy) is 1. The molecule has 5 nitrogen and oxygen atoms in total. The molecule has 1 rings (SSSR count). The van der Waals surface area contributed by atoms with Crippen molar-refractivity contribution in [1.29, 1.82) is 5.26 Å². The average molecular weight is 275 g/mol. The standard InChI is InChI=1S/C15H21N3O2/c1-5-20-15(19)7-6-10(2)18-14-8-11(3)17-12(4)13(14)9-16/h8,10H,5-7H2,1-4H3,(H,17,18). The molecule has 0 aliphatic heterocycles. The molecule has 0 saturated carbocycles. The monoisotopic (exact) mass is 275 g/mol. The highest BCUT2D eigenvalue weighted by atomic mass is 16.5. The van der Waals surface area contributed by atoms with Gasteiger partial charge in [0.1, 0.15) is 6.07 Å². The molecule has 0 aliphatic rings. The Labute approximate surface area is 120 Å². The predicted octanol–water partition coefficient (Wildman–Crippen LogP) is 2.71. The predicted molar refractivity (Wildman–Crippen MR) is 77.4 cm³/mol. The maximum atomic E-state index is 11.3. The van der Waals surface area contributed by atoms with Gasteiger partial charge in [0.05, 0.1) is 23.6 Å². The van der Waals surface area contributed by atoms with Crippen LogP contribution < -0.4 is 5.32 Å². The first kappa shape index (κ1) is 16.0. The Hall–Kier alpha value is -2.09. The molecule has 20 heavy (non-hydrogen) atoms. The number of anilines is 1. The lowest BCUT2D eigenvalue weighted by Crippen LogP contribution is -2.18. The first-order valence-electron chi connectivity index (χ1n) is 6.78. The van der Waals surface area contributed by atoms with Gasteiger partial charge in [0, 0.05) is 18.2 Å². The Morgan fingerprint density at radius 3 is 2.85 bits per heavy atom. The topological polar surface area (TPSA) is 75.0 Å². The highest BCUT2D eigenvalue weighted by Gasteiger charge is 2.12. The van der Waals surface area contributed by atoms with Crippen LogP contribution in [-0.4, -0.2) is 23.6 Å². The summed E-state index contributed by atoms with van der Waals surface area (Å²) in [7, 11) is 0. The van der Waals surface area contributed by atoms with E-state index in [1.54, 1.807) is 6.92 Å². The van der Waals surface area contributed by atoms with Gasteiger partial charge in [-0.05, 0) is 40.2 Å². The summed E-state index contributed by atoms with van der Waals surface area (Å²) in [6.45, 7) is 7.89. The number of esters is 1. The Bertz CT molecular complexity index is 521. The van der Waals surface area contributed by atoms with E-state index in [0.717, 1.165) is 11.4 Å². The van der Waals surface area contributed by atoms with Crippen molar-refractivity contribution in [1.82, 2.24) is 4.98 Å². The minimum absolute atomic E-state index is 0.0766. The molecule has 0 fully saturated rings. The van der Waals surface area contributed by atoms with Gasteiger partial charge in [-0.3, -0.25) is 9.78 Å². The lowest BCUT2D eigenvalue weighted by molar-refractivity contribution is -0.143. The van der Waals surface area contributed by atoms with E-state index in [0.29, 0.717) is 30.7 Å². The summed E-state index contributed by atoms with van der Waals surface area (Å²) < 4.78 is 4.90. The van der Waals surface area contributed by atoms with Crippen molar-refractivity contribution in [2.75, 3.05) is 11.9 Å². The second kappa shape index (κ2) is 7.49. The fraction of sp³-hybridized carbons (Fsp3) is 0.533. The highest BCUT2D eigenvalue weighted by Crippen LogP contribution is 2.20. The zero-order valence-corrected chi connectivity index (χ0v) is 12.5. The number of aryl methyl sites for hydroxylation is 2. The molecule has 108 valence electrons. The van der Waals surface area contributed by atoms with E-state index in [4.69, 9.17) is 4.74 Å². The fourth-order valence-corrected chi connectivity index (χ4v) is 1.99. The van der Waals surface area contributed by atoms with Crippen molar-refractivity contribution in [3.8, 4) is 6.07 Å². The van der Waals surface area contributed by atoms with Gasteiger partial charge in [-0.15, -0.1) is 0 Å². The summed E-state index contributed by atoms with van der Waals surface area (Å²) in [6, 6.07) is 4.10. The number of nitrogens with one attached hydrogen (secondary N) is 1. The number of carbonyl (C=O) groups is 1. The van der Waals surface area contributed by atoms with Crippen LogP contribution in [0.4, 0.5) is 5.69 Å². The maximum Gasteiger partial charge on any atom is 0.305 e. The van der Waals surface area contributed by atoms with E-state index in [1.165, 1.54) is 0 Å². The van der Waals surface area contributed by atoms with Crippen molar-refractivity contribution in [3.63, 3.8) is 0 Å². The van der Waals surface area contributed by atoms with Crippen LogP contribution in [0.1, 0.15) is 43.6 Å². The molecule has 5 heteroatoms. The largest absolute Gasteiger partial charge is 0.466 e. The summed E-state index contributed by atoms with van der Waals surface area (Å²) in [5.74, 6) is -0.191. The van der Waals surface area contributed by atoms with E-state index < -0.39 is 0 Å². The van der Waals surface area contributed by atoms with Crippen LogP contribution in [0.25, 0.3) is 0 Å². The van der Waals surface area contributed by atoms with E-state index in [9.17, 15) is 10.1 Å². The first-order chi connectivity index (χ1) is 9.47. The zero-order valence-electron chi connectivity index (χ0n) is 12.5. The van der Waals surface area contributed by atoms with Crippen molar-refractivity contribution < 1.29 is 9.53 Å². The number of pyridine rings is 1. The third-order valence-electron chi connectivity index (χ3n) is 2.93. The van der Waals surface area contributed by atoms with Gasteiger partial charge in [-0.25, -0.2) is 0 Å². The normalized spacial score (nSPS) is 11.6. The Morgan fingerprint density at radius 2 is 2.25 bits per heavy atom. The van der Waals surface area contributed by atoms with Crippen LogP contribution in [0, 0.1) is 25.2 Å². The molecule has 0 bridgehead atoms. The zero-order chi connectivity index (χ0) is 15.1.